The first kappa shape index (κ1) is 14.8. The van der Waals surface area contributed by atoms with Crippen LogP contribution in [0.3, 0.4) is 0 Å². The lowest BCUT2D eigenvalue weighted by Crippen LogP contribution is -2.28. The zero-order valence-corrected chi connectivity index (χ0v) is 12.6. The second kappa shape index (κ2) is 6.73. The fraction of sp³-hybridized carbons (Fsp3) is 0.200. The van der Waals surface area contributed by atoms with Crippen LogP contribution in [-0.4, -0.2) is 38.7 Å². The molecule has 0 aliphatic heterocycles. The van der Waals surface area contributed by atoms with Crippen LogP contribution in [0.1, 0.15) is 16.4 Å². The summed E-state index contributed by atoms with van der Waals surface area (Å²) in [4.78, 5) is 20.4. The van der Waals surface area contributed by atoms with Gasteiger partial charge >= 0.3 is 0 Å². The molecule has 0 atom stereocenters. The van der Waals surface area contributed by atoms with Crippen LogP contribution >= 0.6 is 0 Å². The van der Waals surface area contributed by atoms with Crippen molar-refractivity contribution in [2.45, 2.75) is 6.92 Å². The Morgan fingerprint density at radius 3 is 2.83 bits per heavy atom. The highest BCUT2D eigenvalue weighted by atomic mass is 16.5. The molecule has 3 rings (SSSR count). The van der Waals surface area contributed by atoms with Crippen LogP contribution in [0.2, 0.25) is 0 Å². The third kappa shape index (κ3) is 3.73. The molecule has 0 spiro atoms. The van der Waals surface area contributed by atoms with Crippen molar-refractivity contribution in [2.24, 2.45) is 0 Å². The van der Waals surface area contributed by atoms with Gasteiger partial charge < -0.3 is 19.7 Å². The van der Waals surface area contributed by atoms with Crippen LogP contribution in [0.15, 0.2) is 47.4 Å². The maximum absolute atomic E-state index is 11.7. The lowest BCUT2D eigenvalue weighted by molar-refractivity contribution is 0.0918. The number of nitrogens with zero attached hydrogens (tertiary/aromatic N) is 4. The van der Waals surface area contributed by atoms with E-state index in [1.54, 1.807) is 0 Å². The molecule has 0 radical (unpaired) electrons. The number of aryl methyl sites for hydroxylation is 1. The molecule has 0 unspecified atom stereocenters. The monoisotopic (exact) mass is 312 g/mol. The van der Waals surface area contributed by atoms with Crippen LogP contribution in [0.4, 0.5) is 5.82 Å². The van der Waals surface area contributed by atoms with Crippen LogP contribution in [0.5, 0.6) is 0 Å². The molecule has 1 amide bonds. The SMILES string of the molecule is Cc1nc(NCCNC(=O)c2ccno2)cc(-n2cccc2)n1. The Hall–Kier alpha value is -3.16. The lowest BCUT2D eigenvalue weighted by atomic mass is 10.4. The van der Waals surface area contributed by atoms with Crippen molar-refractivity contribution in [1.29, 1.82) is 0 Å². The van der Waals surface area contributed by atoms with E-state index in [1.807, 2.05) is 42.1 Å². The van der Waals surface area contributed by atoms with Gasteiger partial charge in [-0.3, -0.25) is 4.79 Å². The number of aromatic nitrogens is 4. The van der Waals surface area contributed by atoms with Crippen molar-refractivity contribution in [1.82, 2.24) is 25.0 Å². The maximum atomic E-state index is 11.7. The highest BCUT2D eigenvalue weighted by Crippen LogP contribution is 2.11. The van der Waals surface area contributed by atoms with Gasteiger partial charge in [-0.2, -0.15) is 0 Å². The minimum absolute atomic E-state index is 0.192. The van der Waals surface area contributed by atoms with Crippen LogP contribution in [0.25, 0.3) is 5.82 Å². The summed E-state index contributed by atoms with van der Waals surface area (Å²) < 4.78 is 6.69. The van der Waals surface area contributed by atoms with Crippen LogP contribution in [-0.2, 0) is 0 Å². The first-order valence-corrected chi connectivity index (χ1v) is 7.14. The van der Waals surface area contributed by atoms with E-state index in [0.717, 1.165) is 5.82 Å². The molecule has 0 saturated carbocycles. The van der Waals surface area contributed by atoms with Gasteiger partial charge in [0.15, 0.2) is 0 Å². The predicted octanol–water partition coefficient (Wildman–Crippen LogP) is 1.41. The molecule has 8 nitrogen and oxygen atoms in total. The summed E-state index contributed by atoms with van der Waals surface area (Å²) in [6.45, 7) is 2.80. The van der Waals surface area contributed by atoms with Gasteiger partial charge in [-0.1, -0.05) is 5.16 Å². The van der Waals surface area contributed by atoms with Gasteiger partial charge in [-0.25, -0.2) is 9.97 Å². The van der Waals surface area contributed by atoms with Gasteiger partial charge in [0.05, 0.1) is 6.20 Å². The van der Waals surface area contributed by atoms with Crippen molar-refractivity contribution in [3.05, 3.63) is 54.4 Å². The number of anilines is 1. The Kier molecular flexibility index (Phi) is 4.32. The molecule has 0 saturated heterocycles. The molecule has 23 heavy (non-hydrogen) atoms. The Morgan fingerprint density at radius 2 is 2.09 bits per heavy atom. The molecule has 3 aromatic heterocycles. The molecule has 0 fully saturated rings. The first-order chi connectivity index (χ1) is 11.2. The topological polar surface area (TPSA) is 97.9 Å². The predicted molar refractivity (Wildman–Crippen MR) is 83.4 cm³/mol. The number of hydrogen-bond acceptors (Lipinski definition) is 6. The summed E-state index contributed by atoms with van der Waals surface area (Å²) in [5.74, 6) is 2.06. The Labute approximate surface area is 132 Å². The van der Waals surface area contributed by atoms with Gasteiger partial charge in [0.25, 0.3) is 5.91 Å². The Morgan fingerprint density at radius 1 is 1.26 bits per heavy atom. The quantitative estimate of drug-likeness (QED) is 0.668. The molecule has 3 heterocycles. The van der Waals surface area contributed by atoms with Gasteiger partial charge in [-0.05, 0) is 19.1 Å². The zero-order valence-electron chi connectivity index (χ0n) is 12.6. The van der Waals surface area contributed by atoms with Crippen molar-refractivity contribution in [2.75, 3.05) is 18.4 Å². The average molecular weight is 312 g/mol. The number of hydrogen-bond donors (Lipinski definition) is 2. The zero-order chi connectivity index (χ0) is 16.1. The number of carbonyl (C=O) groups is 1. The van der Waals surface area contributed by atoms with Gasteiger partial charge in [0, 0.05) is 37.6 Å². The smallest absolute Gasteiger partial charge is 0.289 e. The standard InChI is InChI=1S/C15H16N6O2/c1-11-19-13(10-14(20-11)21-8-2-3-9-21)16-6-7-17-15(22)12-4-5-18-23-12/h2-5,8-10H,6-7H2,1H3,(H,17,22)(H,16,19,20). The van der Waals surface area contributed by atoms with E-state index in [1.165, 1.54) is 12.3 Å². The highest BCUT2D eigenvalue weighted by Gasteiger charge is 2.08. The fourth-order valence-electron chi connectivity index (χ4n) is 2.05. The maximum Gasteiger partial charge on any atom is 0.289 e. The third-order valence-electron chi connectivity index (χ3n) is 3.07. The summed E-state index contributed by atoms with van der Waals surface area (Å²) in [7, 11) is 0. The van der Waals surface area contributed by atoms with E-state index < -0.39 is 0 Å². The first-order valence-electron chi connectivity index (χ1n) is 7.14. The molecule has 2 N–H and O–H groups in total. The largest absolute Gasteiger partial charge is 0.368 e. The summed E-state index contributed by atoms with van der Waals surface area (Å²) in [6, 6.07) is 7.23. The molecule has 8 heteroatoms. The Balaban J connectivity index is 1.55. The van der Waals surface area contributed by atoms with Gasteiger partial charge in [0.1, 0.15) is 17.5 Å². The van der Waals surface area contributed by atoms with E-state index >= 15 is 0 Å². The van der Waals surface area contributed by atoms with Crippen LogP contribution in [0, 0.1) is 6.92 Å². The lowest BCUT2D eigenvalue weighted by Gasteiger charge is -2.09. The fourth-order valence-corrected chi connectivity index (χ4v) is 2.05. The van der Waals surface area contributed by atoms with E-state index in [0.29, 0.717) is 24.7 Å². The number of nitrogens with one attached hydrogen (secondary N) is 2. The van der Waals surface area contributed by atoms with E-state index in [2.05, 4.69) is 25.8 Å². The molecule has 0 aliphatic carbocycles. The molecule has 3 aromatic rings. The minimum Gasteiger partial charge on any atom is -0.368 e. The van der Waals surface area contributed by atoms with E-state index in [9.17, 15) is 4.79 Å². The number of amides is 1. The van der Waals surface area contributed by atoms with Gasteiger partial charge in [0.2, 0.25) is 5.76 Å². The van der Waals surface area contributed by atoms with Crippen molar-refractivity contribution in [3.8, 4) is 5.82 Å². The average Bonchev–Trinajstić information content (AvgIpc) is 3.23. The third-order valence-corrected chi connectivity index (χ3v) is 3.07. The number of carbonyl (C=O) groups excluding carboxylic acids is 1. The minimum atomic E-state index is -0.295. The molecule has 0 bridgehead atoms. The summed E-state index contributed by atoms with van der Waals surface area (Å²) in [5.41, 5.74) is 0. The Bertz CT molecular complexity index is 767. The molecular weight excluding hydrogens is 296 g/mol. The molecule has 0 aliphatic rings. The van der Waals surface area contributed by atoms with Gasteiger partial charge in [-0.15, -0.1) is 0 Å². The molecular formula is C15H16N6O2. The highest BCUT2D eigenvalue weighted by molar-refractivity contribution is 5.91. The summed E-state index contributed by atoms with van der Waals surface area (Å²) >= 11 is 0. The number of rotatable bonds is 6. The summed E-state index contributed by atoms with van der Waals surface area (Å²) in [5, 5.41) is 9.38. The van der Waals surface area contributed by atoms with E-state index in [4.69, 9.17) is 4.52 Å². The van der Waals surface area contributed by atoms with Crippen LogP contribution < -0.4 is 10.6 Å². The normalized spacial score (nSPS) is 10.5. The second-order valence-corrected chi connectivity index (χ2v) is 4.81. The summed E-state index contributed by atoms with van der Waals surface area (Å²) in [6.07, 6.45) is 5.27. The second-order valence-electron chi connectivity index (χ2n) is 4.81. The molecule has 118 valence electrons. The molecule has 0 aromatic carbocycles. The van der Waals surface area contributed by atoms with Crippen molar-refractivity contribution in [3.63, 3.8) is 0 Å². The van der Waals surface area contributed by atoms with Crippen molar-refractivity contribution >= 4 is 11.7 Å². The van der Waals surface area contributed by atoms with E-state index in [-0.39, 0.29) is 11.7 Å². The van der Waals surface area contributed by atoms with Crippen molar-refractivity contribution < 1.29 is 9.32 Å².